The topological polar surface area (TPSA) is 83.6 Å². The van der Waals surface area contributed by atoms with Gasteiger partial charge in [-0.15, -0.1) is 0 Å². The summed E-state index contributed by atoms with van der Waals surface area (Å²) in [7, 11) is -3.95. The smallest absolute Gasteiger partial charge is 0.269 e. The van der Waals surface area contributed by atoms with E-state index in [2.05, 4.69) is 11.4 Å². The van der Waals surface area contributed by atoms with Crippen LogP contribution in [-0.2, 0) is 21.2 Å². The Balaban J connectivity index is 1.53. The second-order valence-corrected chi connectivity index (χ2v) is 8.09. The summed E-state index contributed by atoms with van der Waals surface area (Å²) in [6, 6.07) is 14.1. The molecular weight excluding hydrogens is 352 g/mol. The number of carbonyl (C=O) groups is 2. The number of carbonyl (C=O) groups excluding carboxylic acids is 2. The summed E-state index contributed by atoms with van der Waals surface area (Å²) >= 11 is 0. The van der Waals surface area contributed by atoms with Gasteiger partial charge in [0.15, 0.2) is 0 Å². The quantitative estimate of drug-likeness (QED) is 0.785. The van der Waals surface area contributed by atoms with Crippen molar-refractivity contribution in [2.75, 3.05) is 13.1 Å². The number of amides is 2. The van der Waals surface area contributed by atoms with Crippen LogP contribution < -0.4 is 5.32 Å². The highest BCUT2D eigenvalue weighted by Crippen LogP contribution is 2.29. The third kappa shape index (κ3) is 3.62. The van der Waals surface area contributed by atoms with Gasteiger partial charge >= 0.3 is 0 Å². The predicted molar refractivity (Wildman–Crippen MR) is 97.2 cm³/mol. The lowest BCUT2D eigenvalue weighted by Gasteiger charge is -2.14. The van der Waals surface area contributed by atoms with Crippen molar-refractivity contribution in [3.8, 4) is 0 Å². The Morgan fingerprint density at radius 3 is 2.62 bits per heavy atom. The minimum Gasteiger partial charge on any atom is -0.355 e. The fourth-order valence-electron chi connectivity index (χ4n) is 2.96. The maximum absolute atomic E-state index is 12.4. The molecule has 0 saturated carbocycles. The number of sulfonamides is 1. The van der Waals surface area contributed by atoms with E-state index in [0.717, 1.165) is 12.8 Å². The molecule has 0 radical (unpaired) electrons. The molecule has 2 aromatic carbocycles. The molecule has 2 aromatic rings. The van der Waals surface area contributed by atoms with Gasteiger partial charge < -0.3 is 5.32 Å². The molecule has 7 heteroatoms. The van der Waals surface area contributed by atoms with Gasteiger partial charge in [-0.05, 0) is 37.5 Å². The molecule has 1 N–H and O–H groups in total. The van der Waals surface area contributed by atoms with Crippen molar-refractivity contribution in [3.63, 3.8) is 0 Å². The molecule has 0 atom stereocenters. The number of nitrogens with one attached hydrogen (secondary N) is 1. The summed E-state index contributed by atoms with van der Waals surface area (Å²) in [4.78, 5) is 24.3. The molecule has 0 aromatic heterocycles. The minimum absolute atomic E-state index is 0.0442. The second-order valence-electron chi connectivity index (χ2n) is 6.26. The Bertz CT molecular complexity index is 954. The molecule has 1 aliphatic heterocycles. The van der Waals surface area contributed by atoms with Crippen LogP contribution in [0, 0.1) is 6.92 Å². The van der Waals surface area contributed by atoms with Crippen molar-refractivity contribution in [2.24, 2.45) is 0 Å². The molecule has 2 amide bonds. The average molecular weight is 372 g/mol. The molecule has 3 rings (SSSR count). The number of rotatable bonds is 6. The van der Waals surface area contributed by atoms with E-state index in [9.17, 15) is 18.0 Å². The third-order valence-corrected chi connectivity index (χ3v) is 6.03. The van der Waals surface area contributed by atoms with Crippen molar-refractivity contribution in [2.45, 2.75) is 24.7 Å². The van der Waals surface area contributed by atoms with E-state index in [0.29, 0.717) is 10.8 Å². The molecule has 1 heterocycles. The summed E-state index contributed by atoms with van der Waals surface area (Å²) in [5.41, 5.74) is 2.48. The normalized spacial score (nSPS) is 15.0. The Hall–Kier alpha value is -2.67. The standard InChI is InChI=1S/C19H20N2O4S/c1-14-6-4-7-15(12-14)8-5-11-20-18(22)13-21-19(23)16-9-2-3-10-17(16)26(21,24)25/h2-4,6-7,9-10,12H,5,8,11,13H2,1H3,(H,20,22). The van der Waals surface area contributed by atoms with Crippen LogP contribution >= 0.6 is 0 Å². The summed E-state index contributed by atoms with van der Waals surface area (Å²) < 4.78 is 25.4. The van der Waals surface area contributed by atoms with Crippen LogP contribution in [0.1, 0.15) is 27.9 Å². The number of hydrogen-bond donors (Lipinski definition) is 1. The van der Waals surface area contributed by atoms with Crippen molar-refractivity contribution < 1.29 is 18.0 Å². The van der Waals surface area contributed by atoms with Crippen LogP contribution in [0.5, 0.6) is 0 Å². The fourth-order valence-corrected chi connectivity index (χ4v) is 4.49. The zero-order valence-electron chi connectivity index (χ0n) is 14.4. The lowest BCUT2D eigenvalue weighted by Crippen LogP contribution is -2.40. The highest BCUT2D eigenvalue weighted by molar-refractivity contribution is 7.90. The number of benzene rings is 2. The van der Waals surface area contributed by atoms with Gasteiger partial charge in [0.1, 0.15) is 11.4 Å². The first-order valence-electron chi connectivity index (χ1n) is 8.38. The van der Waals surface area contributed by atoms with Crippen molar-refractivity contribution in [3.05, 3.63) is 65.2 Å². The van der Waals surface area contributed by atoms with Crippen molar-refractivity contribution in [1.82, 2.24) is 9.62 Å². The largest absolute Gasteiger partial charge is 0.355 e. The maximum Gasteiger partial charge on any atom is 0.269 e. The Morgan fingerprint density at radius 2 is 1.88 bits per heavy atom. The van der Waals surface area contributed by atoms with Crippen LogP contribution in [0.25, 0.3) is 0 Å². The van der Waals surface area contributed by atoms with E-state index in [1.54, 1.807) is 12.1 Å². The SMILES string of the molecule is Cc1cccc(CCCNC(=O)CN2C(=O)c3ccccc3S2(=O)=O)c1. The molecule has 26 heavy (non-hydrogen) atoms. The number of fused-ring (bicyclic) bond motifs is 1. The molecule has 0 saturated heterocycles. The molecule has 6 nitrogen and oxygen atoms in total. The summed E-state index contributed by atoms with van der Waals surface area (Å²) in [6.07, 6.45) is 1.55. The van der Waals surface area contributed by atoms with E-state index in [1.807, 2.05) is 25.1 Å². The van der Waals surface area contributed by atoms with Crippen LogP contribution in [0.3, 0.4) is 0 Å². The van der Waals surface area contributed by atoms with Crippen molar-refractivity contribution in [1.29, 1.82) is 0 Å². The van der Waals surface area contributed by atoms with E-state index in [-0.39, 0.29) is 10.5 Å². The zero-order valence-corrected chi connectivity index (χ0v) is 15.3. The highest BCUT2D eigenvalue weighted by atomic mass is 32.2. The molecule has 0 fully saturated rings. The summed E-state index contributed by atoms with van der Waals surface area (Å²) in [6.45, 7) is 1.94. The number of aryl methyl sites for hydroxylation is 2. The fraction of sp³-hybridized carbons (Fsp3) is 0.263. The molecule has 0 aliphatic carbocycles. The molecule has 1 aliphatic rings. The zero-order chi connectivity index (χ0) is 18.7. The second kappa shape index (κ2) is 7.29. The van der Waals surface area contributed by atoms with Gasteiger partial charge in [0.25, 0.3) is 15.9 Å². The number of nitrogens with zero attached hydrogens (tertiary/aromatic N) is 1. The maximum atomic E-state index is 12.4. The average Bonchev–Trinajstić information content (AvgIpc) is 2.80. The van der Waals surface area contributed by atoms with Crippen LogP contribution in [0.4, 0.5) is 0 Å². The van der Waals surface area contributed by atoms with Gasteiger partial charge in [0, 0.05) is 6.54 Å². The van der Waals surface area contributed by atoms with E-state index in [4.69, 9.17) is 0 Å². The van der Waals surface area contributed by atoms with Gasteiger partial charge in [-0.1, -0.05) is 42.0 Å². The van der Waals surface area contributed by atoms with Crippen molar-refractivity contribution >= 4 is 21.8 Å². The third-order valence-electron chi connectivity index (χ3n) is 4.25. The highest BCUT2D eigenvalue weighted by Gasteiger charge is 2.41. The summed E-state index contributed by atoms with van der Waals surface area (Å²) in [5, 5.41) is 2.68. The van der Waals surface area contributed by atoms with Gasteiger partial charge in [0.2, 0.25) is 5.91 Å². The first-order valence-corrected chi connectivity index (χ1v) is 9.82. The number of hydrogen-bond acceptors (Lipinski definition) is 4. The van der Waals surface area contributed by atoms with Crippen LogP contribution in [0.15, 0.2) is 53.4 Å². The molecule has 0 bridgehead atoms. The monoisotopic (exact) mass is 372 g/mol. The first kappa shape index (κ1) is 18.1. The summed E-state index contributed by atoms with van der Waals surface area (Å²) in [5.74, 6) is -1.14. The van der Waals surface area contributed by atoms with E-state index < -0.39 is 28.4 Å². The van der Waals surface area contributed by atoms with Gasteiger partial charge in [-0.25, -0.2) is 12.7 Å². The Morgan fingerprint density at radius 1 is 1.12 bits per heavy atom. The Labute approximate surface area is 152 Å². The van der Waals surface area contributed by atoms with Gasteiger partial charge in [-0.2, -0.15) is 0 Å². The molecule has 136 valence electrons. The van der Waals surface area contributed by atoms with E-state index >= 15 is 0 Å². The Kier molecular flexibility index (Phi) is 5.08. The first-order chi connectivity index (χ1) is 12.4. The molecular formula is C19H20N2O4S. The lowest BCUT2D eigenvalue weighted by atomic mass is 10.1. The van der Waals surface area contributed by atoms with Crippen LogP contribution in [-0.4, -0.2) is 37.6 Å². The van der Waals surface area contributed by atoms with E-state index in [1.165, 1.54) is 23.3 Å². The minimum atomic E-state index is -3.95. The predicted octanol–water partition coefficient (Wildman–Crippen LogP) is 1.89. The van der Waals surface area contributed by atoms with Crippen LogP contribution in [0.2, 0.25) is 0 Å². The molecule has 0 spiro atoms. The lowest BCUT2D eigenvalue weighted by molar-refractivity contribution is -0.121. The van der Waals surface area contributed by atoms with Gasteiger partial charge in [-0.3, -0.25) is 9.59 Å². The van der Waals surface area contributed by atoms with Gasteiger partial charge in [0.05, 0.1) is 5.56 Å². The molecule has 0 unspecified atom stereocenters.